The average Bonchev–Trinajstić information content (AvgIpc) is 2.26. The van der Waals surface area contributed by atoms with Gasteiger partial charge < -0.3 is 14.9 Å². The summed E-state index contributed by atoms with van der Waals surface area (Å²) < 4.78 is 0. The van der Waals surface area contributed by atoms with Crippen molar-refractivity contribution < 1.29 is 5.11 Å². The number of hydrogen-bond donors (Lipinski definition) is 1. The zero-order valence-corrected chi connectivity index (χ0v) is 11.6. The van der Waals surface area contributed by atoms with E-state index >= 15 is 0 Å². The Morgan fingerprint density at radius 2 is 1.78 bits per heavy atom. The van der Waals surface area contributed by atoms with Crippen LogP contribution < -0.4 is 9.80 Å². The first kappa shape index (κ1) is 13.3. The lowest BCUT2D eigenvalue weighted by Gasteiger charge is -2.34. The Morgan fingerprint density at radius 3 is 2.33 bits per heavy atom. The summed E-state index contributed by atoms with van der Waals surface area (Å²) in [6.07, 6.45) is 1.57. The number of nitrogens with zero attached hydrogens (tertiary/aromatic N) is 5. The third-order valence-corrected chi connectivity index (χ3v) is 3.24. The van der Waals surface area contributed by atoms with Crippen molar-refractivity contribution in [2.24, 2.45) is 5.92 Å². The van der Waals surface area contributed by atoms with Crippen molar-refractivity contribution in [1.82, 2.24) is 15.0 Å². The quantitative estimate of drug-likeness (QED) is 0.874. The summed E-state index contributed by atoms with van der Waals surface area (Å²) in [5.41, 5.74) is 0. The Hall–Kier alpha value is -1.14. The van der Waals surface area contributed by atoms with E-state index in [0.29, 0.717) is 17.8 Å². The molecule has 0 radical (unpaired) electrons. The van der Waals surface area contributed by atoms with Crippen LogP contribution in [-0.4, -0.2) is 53.9 Å². The van der Waals surface area contributed by atoms with Gasteiger partial charge in [-0.3, -0.25) is 0 Å². The minimum Gasteiger partial charge on any atom is -0.393 e. The largest absolute Gasteiger partial charge is 0.393 e. The second-order valence-corrected chi connectivity index (χ2v) is 5.31. The van der Waals surface area contributed by atoms with Crippen molar-refractivity contribution in [2.45, 2.75) is 18.9 Å². The molecule has 1 aromatic rings. The zero-order valence-electron chi connectivity index (χ0n) is 10.8. The van der Waals surface area contributed by atoms with Crippen LogP contribution >= 0.6 is 11.6 Å². The molecule has 0 unspecified atom stereocenters. The number of anilines is 2. The van der Waals surface area contributed by atoms with Crippen LogP contribution in [0.5, 0.6) is 0 Å². The van der Waals surface area contributed by atoms with Crippen LogP contribution in [0.3, 0.4) is 0 Å². The standard InChI is InChI=1S/C11H18ClN5O/c1-16(2)10-13-9(12)14-11(15-10)17(3)6-7-4-8(18)5-7/h7-8,18H,4-6H2,1-3H3. The van der Waals surface area contributed by atoms with Crippen molar-refractivity contribution in [3.63, 3.8) is 0 Å². The van der Waals surface area contributed by atoms with Crippen molar-refractivity contribution >= 4 is 23.5 Å². The zero-order chi connectivity index (χ0) is 13.3. The molecule has 0 aliphatic heterocycles. The van der Waals surface area contributed by atoms with E-state index in [2.05, 4.69) is 15.0 Å². The predicted octanol–water partition coefficient (Wildman–Crippen LogP) is 0.798. The molecule has 0 aromatic carbocycles. The van der Waals surface area contributed by atoms with Gasteiger partial charge in [0.25, 0.3) is 0 Å². The molecular weight excluding hydrogens is 254 g/mol. The fourth-order valence-corrected chi connectivity index (χ4v) is 2.17. The SMILES string of the molecule is CN(C)c1nc(Cl)nc(N(C)CC2CC(O)C2)n1. The van der Waals surface area contributed by atoms with E-state index in [1.807, 2.05) is 26.0 Å². The molecule has 0 amide bonds. The van der Waals surface area contributed by atoms with Gasteiger partial charge in [0, 0.05) is 27.7 Å². The second-order valence-electron chi connectivity index (χ2n) is 4.97. The Kier molecular flexibility index (Phi) is 3.87. The third kappa shape index (κ3) is 3.00. The van der Waals surface area contributed by atoms with Gasteiger partial charge in [0.2, 0.25) is 17.2 Å². The lowest BCUT2D eigenvalue weighted by atomic mass is 9.82. The van der Waals surface area contributed by atoms with Gasteiger partial charge in [-0.2, -0.15) is 15.0 Å². The first-order chi connectivity index (χ1) is 8.45. The molecule has 18 heavy (non-hydrogen) atoms. The van der Waals surface area contributed by atoms with E-state index in [4.69, 9.17) is 11.6 Å². The fraction of sp³-hybridized carbons (Fsp3) is 0.727. The number of rotatable bonds is 4. The molecule has 1 fully saturated rings. The number of aliphatic hydroxyl groups excluding tert-OH is 1. The second kappa shape index (κ2) is 5.24. The van der Waals surface area contributed by atoms with Crippen molar-refractivity contribution in [1.29, 1.82) is 0 Å². The van der Waals surface area contributed by atoms with Gasteiger partial charge in [-0.25, -0.2) is 0 Å². The normalized spacial score (nSPS) is 22.5. The Labute approximate surface area is 112 Å². The van der Waals surface area contributed by atoms with E-state index in [1.54, 1.807) is 4.90 Å². The summed E-state index contributed by atoms with van der Waals surface area (Å²) in [5.74, 6) is 1.62. The Balaban J connectivity index is 2.07. The molecule has 100 valence electrons. The smallest absolute Gasteiger partial charge is 0.231 e. The molecule has 0 spiro atoms. The molecule has 1 aliphatic carbocycles. The highest BCUT2D eigenvalue weighted by Crippen LogP contribution is 2.28. The highest BCUT2D eigenvalue weighted by atomic mass is 35.5. The summed E-state index contributed by atoms with van der Waals surface area (Å²) in [5, 5.41) is 9.47. The van der Waals surface area contributed by atoms with Gasteiger partial charge in [-0.15, -0.1) is 0 Å². The van der Waals surface area contributed by atoms with Crippen LogP contribution in [0.4, 0.5) is 11.9 Å². The summed E-state index contributed by atoms with van der Waals surface area (Å²) in [4.78, 5) is 16.3. The van der Waals surface area contributed by atoms with E-state index in [0.717, 1.165) is 19.4 Å². The molecule has 1 aliphatic rings. The lowest BCUT2D eigenvalue weighted by Crippen LogP contribution is -2.37. The molecule has 1 N–H and O–H groups in total. The van der Waals surface area contributed by atoms with Crippen LogP contribution in [0.15, 0.2) is 0 Å². The molecule has 7 heteroatoms. The molecule has 6 nitrogen and oxygen atoms in total. The molecule has 1 heterocycles. The maximum atomic E-state index is 9.28. The van der Waals surface area contributed by atoms with Crippen molar-refractivity contribution in [3.8, 4) is 0 Å². The molecule has 0 atom stereocenters. The molecule has 1 saturated carbocycles. The molecule has 0 bridgehead atoms. The summed E-state index contributed by atoms with van der Waals surface area (Å²) in [7, 11) is 5.64. The van der Waals surface area contributed by atoms with Gasteiger partial charge in [0.15, 0.2) is 0 Å². The van der Waals surface area contributed by atoms with Crippen LogP contribution in [0.1, 0.15) is 12.8 Å². The fourth-order valence-electron chi connectivity index (χ4n) is 2.02. The van der Waals surface area contributed by atoms with Gasteiger partial charge in [-0.1, -0.05) is 0 Å². The molecule has 2 rings (SSSR count). The number of aliphatic hydroxyl groups is 1. The maximum absolute atomic E-state index is 9.28. The first-order valence-corrected chi connectivity index (χ1v) is 6.31. The third-order valence-electron chi connectivity index (χ3n) is 3.07. The Morgan fingerprint density at radius 1 is 1.17 bits per heavy atom. The van der Waals surface area contributed by atoms with Crippen LogP contribution in [0.25, 0.3) is 0 Å². The number of aromatic nitrogens is 3. The summed E-state index contributed by atoms with van der Waals surface area (Å²) in [6, 6.07) is 0. The molecule has 0 saturated heterocycles. The van der Waals surface area contributed by atoms with Crippen molar-refractivity contribution in [3.05, 3.63) is 5.28 Å². The van der Waals surface area contributed by atoms with Crippen LogP contribution in [0.2, 0.25) is 5.28 Å². The van der Waals surface area contributed by atoms with E-state index in [-0.39, 0.29) is 11.4 Å². The van der Waals surface area contributed by atoms with Gasteiger partial charge in [-0.05, 0) is 30.4 Å². The van der Waals surface area contributed by atoms with E-state index in [9.17, 15) is 5.11 Å². The maximum Gasteiger partial charge on any atom is 0.231 e. The predicted molar refractivity (Wildman–Crippen MR) is 71.2 cm³/mol. The highest BCUT2D eigenvalue weighted by molar-refractivity contribution is 6.28. The average molecular weight is 272 g/mol. The molecule has 1 aromatic heterocycles. The molecular formula is C11H18ClN5O. The summed E-state index contributed by atoms with van der Waals surface area (Å²) in [6.45, 7) is 0.824. The lowest BCUT2D eigenvalue weighted by molar-refractivity contribution is 0.0463. The van der Waals surface area contributed by atoms with Gasteiger partial charge in [0.1, 0.15) is 0 Å². The van der Waals surface area contributed by atoms with Crippen molar-refractivity contribution in [2.75, 3.05) is 37.5 Å². The number of hydrogen-bond acceptors (Lipinski definition) is 6. The van der Waals surface area contributed by atoms with Gasteiger partial charge in [0.05, 0.1) is 6.10 Å². The van der Waals surface area contributed by atoms with Crippen LogP contribution in [0, 0.1) is 5.92 Å². The topological polar surface area (TPSA) is 65.4 Å². The number of halogens is 1. The first-order valence-electron chi connectivity index (χ1n) is 5.94. The monoisotopic (exact) mass is 271 g/mol. The van der Waals surface area contributed by atoms with Gasteiger partial charge >= 0.3 is 0 Å². The van der Waals surface area contributed by atoms with E-state index in [1.165, 1.54) is 0 Å². The minimum atomic E-state index is -0.136. The minimum absolute atomic E-state index is 0.136. The van der Waals surface area contributed by atoms with E-state index < -0.39 is 0 Å². The summed E-state index contributed by atoms with van der Waals surface area (Å²) >= 11 is 5.89. The highest BCUT2D eigenvalue weighted by Gasteiger charge is 2.28. The Bertz CT molecular complexity index is 422. The van der Waals surface area contributed by atoms with Crippen LogP contribution in [-0.2, 0) is 0 Å².